The molecule has 1 saturated heterocycles. The fraction of sp³-hybridized carbons (Fsp3) is 0.556. The third kappa shape index (κ3) is 4.98. The number of carbonyl (C=O) groups excluding carboxylic acids is 2. The number of amides is 3. The number of nitrogens with zero attached hydrogens (tertiary/aromatic N) is 1. The predicted octanol–water partition coefficient (Wildman–Crippen LogP) is 3.15. The topological polar surface area (TPSA) is 61.4 Å². The van der Waals surface area contributed by atoms with Crippen LogP contribution >= 0.6 is 0 Å². The molecular weight excluding hydrogens is 290 g/mol. The van der Waals surface area contributed by atoms with E-state index in [4.69, 9.17) is 0 Å². The van der Waals surface area contributed by atoms with Crippen LogP contribution in [0.25, 0.3) is 0 Å². The zero-order chi connectivity index (χ0) is 16.8. The Morgan fingerprint density at radius 2 is 1.83 bits per heavy atom. The summed E-state index contributed by atoms with van der Waals surface area (Å²) < 4.78 is 0. The van der Waals surface area contributed by atoms with Crippen molar-refractivity contribution >= 4 is 17.6 Å². The summed E-state index contributed by atoms with van der Waals surface area (Å²) >= 11 is 0. The molecule has 1 heterocycles. The molecule has 2 rings (SSSR count). The molecule has 3 amide bonds. The Hall–Kier alpha value is -2.04. The second-order valence-corrected chi connectivity index (χ2v) is 6.37. The summed E-state index contributed by atoms with van der Waals surface area (Å²) in [5, 5.41) is 5.84. The molecule has 1 aliphatic rings. The van der Waals surface area contributed by atoms with Gasteiger partial charge in [-0.3, -0.25) is 4.79 Å². The van der Waals surface area contributed by atoms with Gasteiger partial charge in [0.05, 0.1) is 0 Å². The van der Waals surface area contributed by atoms with Crippen LogP contribution in [-0.2, 0) is 4.79 Å². The molecule has 0 bridgehead atoms. The number of piperidine rings is 1. The molecule has 5 heteroatoms. The van der Waals surface area contributed by atoms with E-state index in [1.807, 2.05) is 49.9 Å². The highest BCUT2D eigenvalue weighted by molar-refractivity contribution is 5.89. The second kappa shape index (κ2) is 7.99. The van der Waals surface area contributed by atoms with Crippen LogP contribution in [-0.4, -0.2) is 36.0 Å². The highest BCUT2D eigenvalue weighted by Crippen LogP contribution is 2.15. The maximum Gasteiger partial charge on any atom is 0.319 e. The first-order valence-corrected chi connectivity index (χ1v) is 8.42. The van der Waals surface area contributed by atoms with Crippen LogP contribution in [0.2, 0.25) is 0 Å². The van der Waals surface area contributed by atoms with E-state index in [0.717, 1.165) is 43.6 Å². The summed E-state index contributed by atoms with van der Waals surface area (Å²) in [5.74, 6) is 0.319. The summed E-state index contributed by atoms with van der Waals surface area (Å²) in [4.78, 5) is 26.1. The minimum Gasteiger partial charge on any atom is -0.342 e. The van der Waals surface area contributed by atoms with Gasteiger partial charge in [0, 0.05) is 30.7 Å². The average molecular weight is 317 g/mol. The summed E-state index contributed by atoms with van der Waals surface area (Å²) in [6.07, 6.45) is 2.49. The average Bonchev–Trinajstić information content (AvgIpc) is 2.56. The molecule has 23 heavy (non-hydrogen) atoms. The molecule has 0 unspecified atom stereocenters. The molecule has 1 fully saturated rings. The quantitative estimate of drug-likeness (QED) is 0.896. The molecule has 0 spiro atoms. The van der Waals surface area contributed by atoms with Gasteiger partial charge in [-0.05, 0) is 38.3 Å². The Kier molecular flexibility index (Phi) is 6.02. The summed E-state index contributed by atoms with van der Waals surface area (Å²) in [5.41, 5.74) is 1.95. The van der Waals surface area contributed by atoms with Crippen molar-refractivity contribution < 1.29 is 9.59 Å². The minimum absolute atomic E-state index is 0.0874. The van der Waals surface area contributed by atoms with Gasteiger partial charge in [0.15, 0.2) is 0 Å². The van der Waals surface area contributed by atoms with E-state index in [9.17, 15) is 9.59 Å². The van der Waals surface area contributed by atoms with Crippen molar-refractivity contribution in [1.29, 1.82) is 0 Å². The van der Waals surface area contributed by atoms with Crippen LogP contribution in [0.3, 0.4) is 0 Å². The summed E-state index contributed by atoms with van der Waals surface area (Å²) in [7, 11) is 0. The second-order valence-electron chi connectivity index (χ2n) is 6.37. The number of nitrogens with one attached hydrogen (secondary N) is 2. The zero-order valence-corrected chi connectivity index (χ0v) is 14.3. The first-order chi connectivity index (χ1) is 11.0. The van der Waals surface area contributed by atoms with Crippen LogP contribution in [0, 0.1) is 12.8 Å². The van der Waals surface area contributed by atoms with Crippen molar-refractivity contribution in [2.24, 2.45) is 5.92 Å². The lowest BCUT2D eigenvalue weighted by Gasteiger charge is -2.33. The van der Waals surface area contributed by atoms with Gasteiger partial charge in [-0.15, -0.1) is 0 Å². The lowest BCUT2D eigenvalue weighted by atomic mass is 10.0. The molecule has 126 valence electrons. The number of hydrogen-bond donors (Lipinski definition) is 2. The van der Waals surface area contributed by atoms with Crippen LogP contribution in [0.1, 0.15) is 38.7 Å². The fourth-order valence-electron chi connectivity index (χ4n) is 2.72. The Labute approximate surface area is 138 Å². The van der Waals surface area contributed by atoms with Crippen molar-refractivity contribution in [1.82, 2.24) is 10.2 Å². The summed E-state index contributed by atoms with van der Waals surface area (Å²) in [6.45, 7) is 7.46. The SMILES string of the molecule is CC[C@H](C)C(=O)N1CCC(NC(=O)Nc2ccc(C)cc2)CC1. The standard InChI is InChI=1S/C18H27N3O2/c1-4-14(3)17(22)21-11-9-16(10-12-21)20-18(23)19-15-7-5-13(2)6-8-15/h5-8,14,16H,4,9-12H2,1-3H3,(H2,19,20,23)/t14-/m0/s1. The lowest BCUT2D eigenvalue weighted by molar-refractivity contribution is -0.136. The Morgan fingerprint density at radius 3 is 2.39 bits per heavy atom. The highest BCUT2D eigenvalue weighted by atomic mass is 16.2. The normalized spacial score (nSPS) is 16.7. The molecule has 1 atom stereocenters. The number of urea groups is 1. The van der Waals surface area contributed by atoms with E-state index in [1.165, 1.54) is 0 Å². The van der Waals surface area contributed by atoms with Crippen molar-refractivity contribution in [3.63, 3.8) is 0 Å². The predicted molar refractivity (Wildman–Crippen MR) is 92.4 cm³/mol. The first kappa shape index (κ1) is 17.3. The Balaban J connectivity index is 1.76. The molecule has 0 aliphatic carbocycles. The number of anilines is 1. The number of benzene rings is 1. The van der Waals surface area contributed by atoms with E-state index in [0.29, 0.717) is 0 Å². The Morgan fingerprint density at radius 1 is 1.22 bits per heavy atom. The van der Waals surface area contributed by atoms with Crippen LogP contribution in [0.5, 0.6) is 0 Å². The van der Waals surface area contributed by atoms with Gasteiger partial charge < -0.3 is 15.5 Å². The van der Waals surface area contributed by atoms with Gasteiger partial charge in [-0.2, -0.15) is 0 Å². The van der Waals surface area contributed by atoms with Crippen LogP contribution in [0.15, 0.2) is 24.3 Å². The number of aryl methyl sites for hydroxylation is 1. The molecule has 0 saturated carbocycles. The smallest absolute Gasteiger partial charge is 0.319 e. The molecular formula is C18H27N3O2. The van der Waals surface area contributed by atoms with Gasteiger partial charge in [0.1, 0.15) is 0 Å². The van der Waals surface area contributed by atoms with E-state index < -0.39 is 0 Å². The Bertz CT molecular complexity index is 534. The largest absolute Gasteiger partial charge is 0.342 e. The van der Waals surface area contributed by atoms with Gasteiger partial charge >= 0.3 is 6.03 Å². The van der Waals surface area contributed by atoms with Crippen molar-refractivity contribution in [2.45, 2.75) is 46.1 Å². The highest BCUT2D eigenvalue weighted by Gasteiger charge is 2.25. The van der Waals surface area contributed by atoms with Crippen molar-refractivity contribution in [2.75, 3.05) is 18.4 Å². The molecule has 1 aliphatic heterocycles. The van der Waals surface area contributed by atoms with Crippen molar-refractivity contribution in [3.05, 3.63) is 29.8 Å². The van der Waals surface area contributed by atoms with E-state index in [2.05, 4.69) is 10.6 Å². The van der Waals surface area contributed by atoms with Gasteiger partial charge in [0.2, 0.25) is 5.91 Å². The maximum absolute atomic E-state index is 12.2. The summed E-state index contributed by atoms with van der Waals surface area (Å²) in [6, 6.07) is 7.66. The molecule has 1 aromatic rings. The molecule has 0 aromatic heterocycles. The molecule has 0 radical (unpaired) electrons. The monoisotopic (exact) mass is 317 g/mol. The molecule has 2 N–H and O–H groups in total. The maximum atomic E-state index is 12.2. The third-order valence-corrected chi connectivity index (χ3v) is 4.49. The third-order valence-electron chi connectivity index (χ3n) is 4.49. The number of rotatable bonds is 4. The van der Waals surface area contributed by atoms with Gasteiger partial charge in [0.25, 0.3) is 0 Å². The van der Waals surface area contributed by atoms with Gasteiger partial charge in [-0.25, -0.2) is 4.79 Å². The molecule has 5 nitrogen and oxygen atoms in total. The lowest BCUT2D eigenvalue weighted by Crippen LogP contribution is -2.48. The van der Waals surface area contributed by atoms with Gasteiger partial charge in [-0.1, -0.05) is 31.5 Å². The minimum atomic E-state index is -0.180. The number of likely N-dealkylation sites (tertiary alicyclic amines) is 1. The number of carbonyl (C=O) groups is 2. The zero-order valence-electron chi connectivity index (χ0n) is 14.3. The van der Waals surface area contributed by atoms with Crippen LogP contribution in [0.4, 0.5) is 10.5 Å². The van der Waals surface area contributed by atoms with Crippen molar-refractivity contribution in [3.8, 4) is 0 Å². The van der Waals surface area contributed by atoms with Crippen LogP contribution < -0.4 is 10.6 Å². The first-order valence-electron chi connectivity index (χ1n) is 8.42. The fourth-order valence-corrected chi connectivity index (χ4v) is 2.72. The van der Waals surface area contributed by atoms with E-state index in [-0.39, 0.29) is 23.9 Å². The molecule has 1 aromatic carbocycles. The van der Waals surface area contributed by atoms with E-state index >= 15 is 0 Å². The van der Waals surface area contributed by atoms with E-state index in [1.54, 1.807) is 0 Å². The number of hydrogen-bond acceptors (Lipinski definition) is 2.